The smallest absolute Gasteiger partial charge is 0.212 e. The molecule has 104 valence electrons. The van der Waals surface area contributed by atoms with Crippen LogP contribution in [0.1, 0.15) is 47.0 Å². The quantitative estimate of drug-likeness (QED) is 0.666. The van der Waals surface area contributed by atoms with E-state index in [2.05, 4.69) is 18.6 Å². The van der Waals surface area contributed by atoms with Crippen molar-refractivity contribution in [1.29, 1.82) is 0 Å². The molecule has 0 radical (unpaired) electrons. The van der Waals surface area contributed by atoms with Gasteiger partial charge in [-0.05, 0) is 18.3 Å². The Morgan fingerprint density at radius 1 is 1.18 bits per heavy atom. The van der Waals surface area contributed by atoms with E-state index in [-0.39, 0.29) is 17.7 Å². The second kappa shape index (κ2) is 8.06. The van der Waals surface area contributed by atoms with Gasteiger partial charge < -0.3 is 5.73 Å². The zero-order valence-electron chi connectivity index (χ0n) is 11.6. The van der Waals surface area contributed by atoms with Gasteiger partial charge in [-0.15, -0.1) is 0 Å². The molecule has 5 heteroatoms. The van der Waals surface area contributed by atoms with Crippen molar-refractivity contribution in [3.8, 4) is 0 Å². The molecule has 0 aromatic heterocycles. The van der Waals surface area contributed by atoms with Crippen LogP contribution in [-0.4, -0.2) is 26.8 Å². The Labute approximate surface area is 106 Å². The van der Waals surface area contributed by atoms with Crippen molar-refractivity contribution < 1.29 is 8.42 Å². The molecule has 17 heavy (non-hydrogen) atoms. The van der Waals surface area contributed by atoms with Crippen molar-refractivity contribution in [2.45, 2.75) is 53.0 Å². The summed E-state index contributed by atoms with van der Waals surface area (Å²) in [5.41, 5.74) is 5.60. The maximum atomic E-state index is 11.9. The largest absolute Gasteiger partial charge is 0.329 e. The fourth-order valence-electron chi connectivity index (χ4n) is 1.90. The highest BCUT2D eigenvalue weighted by Gasteiger charge is 2.20. The van der Waals surface area contributed by atoms with Crippen molar-refractivity contribution in [1.82, 2.24) is 4.72 Å². The molecule has 3 N–H and O–H groups in total. The van der Waals surface area contributed by atoms with Crippen molar-refractivity contribution in [3.63, 3.8) is 0 Å². The van der Waals surface area contributed by atoms with Gasteiger partial charge in [0.05, 0.1) is 5.75 Å². The van der Waals surface area contributed by atoms with Crippen molar-refractivity contribution >= 4 is 10.0 Å². The summed E-state index contributed by atoms with van der Waals surface area (Å²) in [5.74, 6) is 0.901. The van der Waals surface area contributed by atoms with Gasteiger partial charge in [-0.1, -0.05) is 40.5 Å². The third kappa shape index (κ3) is 7.73. The predicted molar refractivity (Wildman–Crippen MR) is 73.3 cm³/mol. The molecule has 1 atom stereocenters. The zero-order chi connectivity index (χ0) is 13.5. The number of hydrogen-bond donors (Lipinski definition) is 2. The first-order chi connectivity index (χ1) is 7.84. The van der Waals surface area contributed by atoms with Gasteiger partial charge in [0.25, 0.3) is 0 Å². The fraction of sp³-hybridized carbons (Fsp3) is 1.00. The first-order valence-corrected chi connectivity index (χ1v) is 8.19. The van der Waals surface area contributed by atoms with Crippen LogP contribution in [0.5, 0.6) is 0 Å². The zero-order valence-corrected chi connectivity index (χ0v) is 12.4. The van der Waals surface area contributed by atoms with E-state index >= 15 is 0 Å². The number of hydrogen-bond acceptors (Lipinski definition) is 3. The Hall–Kier alpha value is -0.130. The molecule has 0 aromatic rings. The molecule has 0 heterocycles. The summed E-state index contributed by atoms with van der Waals surface area (Å²) in [6, 6.07) is -0.130. The maximum absolute atomic E-state index is 11.9. The molecule has 0 saturated heterocycles. The van der Waals surface area contributed by atoms with Crippen LogP contribution in [0.15, 0.2) is 0 Å². The Balaban J connectivity index is 4.40. The van der Waals surface area contributed by atoms with Crippen LogP contribution < -0.4 is 10.5 Å². The lowest BCUT2D eigenvalue weighted by atomic mass is 10.1. The summed E-state index contributed by atoms with van der Waals surface area (Å²) in [6.45, 7) is 8.55. The van der Waals surface area contributed by atoms with Crippen molar-refractivity contribution in [2.75, 3.05) is 12.3 Å². The van der Waals surface area contributed by atoms with Crippen molar-refractivity contribution in [2.24, 2.45) is 17.6 Å². The molecular formula is C12H28N2O2S. The molecular weight excluding hydrogens is 236 g/mol. The second-order valence-electron chi connectivity index (χ2n) is 5.14. The molecule has 0 aromatic carbocycles. The van der Waals surface area contributed by atoms with Gasteiger partial charge >= 0.3 is 0 Å². The van der Waals surface area contributed by atoms with E-state index in [1.54, 1.807) is 0 Å². The molecule has 0 fully saturated rings. The monoisotopic (exact) mass is 264 g/mol. The minimum absolute atomic E-state index is 0.130. The molecule has 0 spiro atoms. The van der Waals surface area contributed by atoms with Crippen LogP contribution in [0.3, 0.4) is 0 Å². The molecule has 0 saturated carbocycles. The Morgan fingerprint density at radius 2 is 1.71 bits per heavy atom. The molecule has 0 amide bonds. The van der Waals surface area contributed by atoms with Crippen LogP contribution in [0.2, 0.25) is 0 Å². The van der Waals surface area contributed by atoms with Gasteiger partial charge in [0.1, 0.15) is 0 Å². The average Bonchev–Trinajstić information content (AvgIpc) is 2.23. The molecule has 4 nitrogen and oxygen atoms in total. The lowest BCUT2D eigenvalue weighted by Gasteiger charge is -2.20. The van der Waals surface area contributed by atoms with Crippen LogP contribution in [-0.2, 0) is 10.0 Å². The summed E-state index contributed by atoms with van der Waals surface area (Å²) < 4.78 is 26.6. The third-order valence-electron chi connectivity index (χ3n) is 3.00. The molecule has 1 unspecified atom stereocenters. The normalized spacial score (nSPS) is 14.5. The molecule has 0 aliphatic carbocycles. The SMILES string of the molecule is CCC(CC)CS(=O)(=O)NC(CN)CC(C)C. The van der Waals surface area contributed by atoms with Crippen LogP contribution in [0.25, 0.3) is 0 Å². The first kappa shape index (κ1) is 16.9. The second-order valence-corrected chi connectivity index (χ2v) is 6.94. The van der Waals surface area contributed by atoms with Gasteiger partial charge in [0, 0.05) is 12.6 Å². The van der Waals surface area contributed by atoms with E-state index in [0.29, 0.717) is 12.5 Å². The van der Waals surface area contributed by atoms with E-state index in [1.165, 1.54) is 0 Å². The summed E-state index contributed by atoms with van der Waals surface area (Å²) in [5, 5.41) is 0. The maximum Gasteiger partial charge on any atom is 0.212 e. The molecule has 0 rings (SSSR count). The molecule has 0 bridgehead atoms. The summed E-state index contributed by atoms with van der Waals surface area (Å²) in [6.07, 6.45) is 2.59. The van der Waals surface area contributed by atoms with E-state index < -0.39 is 10.0 Å². The number of sulfonamides is 1. The summed E-state index contributed by atoms with van der Waals surface area (Å²) in [4.78, 5) is 0. The van der Waals surface area contributed by atoms with E-state index in [9.17, 15) is 8.42 Å². The highest BCUT2D eigenvalue weighted by molar-refractivity contribution is 7.89. The summed E-state index contributed by atoms with van der Waals surface area (Å²) >= 11 is 0. The van der Waals surface area contributed by atoms with Crippen LogP contribution in [0, 0.1) is 11.8 Å². The first-order valence-electron chi connectivity index (χ1n) is 6.54. The van der Waals surface area contributed by atoms with Crippen molar-refractivity contribution in [3.05, 3.63) is 0 Å². The number of rotatable bonds is 9. The highest BCUT2D eigenvalue weighted by atomic mass is 32.2. The Kier molecular flexibility index (Phi) is 8.00. The van der Waals surface area contributed by atoms with E-state index in [1.807, 2.05) is 13.8 Å². The van der Waals surface area contributed by atoms with Crippen LogP contribution >= 0.6 is 0 Å². The highest BCUT2D eigenvalue weighted by Crippen LogP contribution is 2.11. The lowest BCUT2D eigenvalue weighted by Crippen LogP contribution is -2.43. The average molecular weight is 264 g/mol. The topological polar surface area (TPSA) is 72.2 Å². The number of nitrogens with one attached hydrogen (secondary N) is 1. The number of nitrogens with two attached hydrogens (primary N) is 1. The Morgan fingerprint density at radius 3 is 2.06 bits per heavy atom. The van der Waals surface area contributed by atoms with Crippen LogP contribution in [0.4, 0.5) is 0 Å². The van der Waals surface area contributed by atoms with Gasteiger partial charge in [0.15, 0.2) is 0 Å². The Bertz CT molecular complexity index is 285. The van der Waals surface area contributed by atoms with Gasteiger partial charge in [-0.2, -0.15) is 0 Å². The van der Waals surface area contributed by atoms with Gasteiger partial charge in [0.2, 0.25) is 10.0 Å². The van der Waals surface area contributed by atoms with Gasteiger partial charge in [-0.3, -0.25) is 0 Å². The lowest BCUT2D eigenvalue weighted by molar-refractivity contribution is 0.457. The van der Waals surface area contributed by atoms with E-state index in [0.717, 1.165) is 19.3 Å². The summed E-state index contributed by atoms with van der Waals surface area (Å²) in [7, 11) is -3.19. The minimum Gasteiger partial charge on any atom is -0.329 e. The minimum atomic E-state index is -3.19. The standard InChI is InChI=1S/C12H28N2O2S/c1-5-11(6-2)9-17(15,16)14-12(8-13)7-10(3)4/h10-12,14H,5-9,13H2,1-4H3. The third-order valence-corrected chi connectivity index (χ3v) is 4.60. The predicted octanol–water partition coefficient (Wildman–Crippen LogP) is 1.72. The fourth-order valence-corrected chi connectivity index (χ4v) is 3.79. The molecule has 0 aliphatic rings. The van der Waals surface area contributed by atoms with Gasteiger partial charge in [-0.25, -0.2) is 13.1 Å². The molecule has 0 aliphatic heterocycles. The van der Waals surface area contributed by atoms with E-state index in [4.69, 9.17) is 5.73 Å².